The average molecular weight is 319 g/mol. The third kappa shape index (κ3) is 3.55. The number of benzene rings is 2. The summed E-state index contributed by atoms with van der Waals surface area (Å²) in [5, 5.41) is 14.9. The Morgan fingerprint density at radius 3 is 2.71 bits per heavy atom. The molecule has 0 aliphatic heterocycles. The van der Waals surface area contributed by atoms with Crippen LogP contribution in [0, 0.1) is 6.92 Å². The lowest BCUT2D eigenvalue weighted by Gasteiger charge is -2.03. The van der Waals surface area contributed by atoms with Gasteiger partial charge < -0.3 is 5.32 Å². The molecule has 0 saturated heterocycles. The molecule has 120 valence electrons. The van der Waals surface area contributed by atoms with Crippen LogP contribution in [0.1, 0.15) is 28.7 Å². The second-order valence-electron chi connectivity index (χ2n) is 5.40. The Kier molecular flexibility index (Phi) is 4.47. The van der Waals surface area contributed by atoms with Gasteiger partial charge in [0.25, 0.3) is 0 Å². The van der Waals surface area contributed by atoms with Gasteiger partial charge in [-0.3, -0.25) is 4.79 Å². The minimum Gasteiger partial charge on any atom is -0.362 e. The van der Waals surface area contributed by atoms with Gasteiger partial charge in [-0.1, -0.05) is 29.8 Å². The number of hydrogen-bond acceptors (Lipinski definition) is 5. The quantitative estimate of drug-likeness (QED) is 0.731. The van der Waals surface area contributed by atoms with Crippen LogP contribution >= 0.6 is 0 Å². The Morgan fingerprint density at radius 1 is 1.17 bits per heavy atom. The largest absolute Gasteiger partial charge is 0.362 e. The van der Waals surface area contributed by atoms with Crippen LogP contribution in [-0.2, 0) is 0 Å². The number of nitrogens with one attached hydrogen (secondary N) is 1. The molecule has 0 fully saturated rings. The van der Waals surface area contributed by atoms with Gasteiger partial charge in [0.2, 0.25) is 0 Å². The van der Waals surface area contributed by atoms with Gasteiger partial charge in [0.1, 0.15) is 0 Å². The lowest BCUT2D eigenvalue weighted by molar-refractivity contribution is 0.101. The zero-order valence-corrected chi connectivity index (χ0v) is 13.5. The third-order valence-electron chi connectivity index (χ3n) is 3.52. The number of ketones is 1. The van der Waals surface area contributed by atoms with E-state index in [0.29, 0.717) is 11.4 Å². The number of hydrogen-bond donors (Lipinski definition) is 1. The van der Waals surface area contributed by atoms with Crippen molar-refractivity contribution in [2.45, 2.75) is 13.8 Å². The number of rotatable bonds is 5. The van der Waals surface area contributed by atoms with E-state index < -0.39 is 0 Å². The summed E-state index contributed by atoms with van der Waals surface area (Å²) in [5.74, 6) is 0.639. The number of nitrogens with zero attached hydrogens (tertiary/aromatic N) is 4. The van der Waals surface area contributed by atoms with E-state index in [2.05, 4.69) is 20.8 Å². The van der Waals surface area contributed by atoms with Crippen molar-refractivity contribution >= 4 is 17.5 Å². The standard InChI is InChI=1S/C18H17N5O/c1-13-6-8-17(9-7-13)23-18(20-21-22-23)10-11-19-16-5-3-4-15(12-16)14(2)24/h3-12,19H,1-2H3. The lowest BCUT2D eigenvalue weighted by Crippen LogP contribution is -2.00. The minimum atomic E-state index is 0.0333. The number of aromatic nitrogens is 4. The fraction of sp³-hybridized carbons (Fsp3) is 0.111. The van der Waals surface area contributed by atoms with E-state index in [1.807, 2.05) is 43.3 Å². The first-order valence-electron chi connectivity index (χ1n) is 7.53. The first-order valence-corrected chi connectivity index (χ1v) is 7.53. The summed E-state index contributed by atoms with van der Waals surface area (Å²) in [5.41, 5.74) is 3.56. The maximum atomic E-state index is 11.4. The topological polar surface area (TPSA) is 72.7 Å². The molecule has 1 N–H and O–H groups in total. The van der Waals surface area contributed by atoms with Crippen molar-refractivity contribution in [3.05, 3.63) is 71.7 Å². The third-order valence-corrected chi connectivity index (χ3v) is 3.52. The van der Waals surface area contributed by atoms with Crippen LogP contribution < -0.4 is 5.32 Å². The Hall–Kier alpha value is -3.28. The highest BCUT2D eigenvalue weighted by atomic mass is 16.1. The molecule has 0 aliphatic rings. The molecule has 6 heteroatoms. The van der Waals surface area contributed by atoms with Gasteiger partial charge in [-0.05, 0) is 48.5 Å². The van der Waals surface area contributed by atoms with Crippen LogP contribution in [-0.4, -0.2) is 26.0 Å². The summed E-state index contributed by atoms with van der Waals surface area (Å²) >= 11 is 0. The Morgan fingerprint density at radius 2 is 1.96 bits per heavy atom. The highest BCUT2D eigenvalue weighted by Gasteiger charge is 2.05. The van der Waals surface area contributed by atoms with Crippen molar-refractivity contribution in [2.24, 2.45) is 0 Å². The SMILES string of the molecule is CC(=O)c1cccc(NC=Cc2nnnn2-c2ccc(C)cc2)c1. The lowest BCUT2D eigenvalue weighted by atomic mass is 10.1. The Balaban J connectivity index is 1.76. The van der Waals surface area contributed by atoms with Gasteiger partial charge in [-0.25, -0.2) is 0 Å². The van der Waals surface area contributed by atoms with E-state index in [1.165, 1.54) is 5.56 Å². The summed E-state index contributed by atoms with van der Waals surface area (Å²) in [4.78, 5) is 11.4. The average Bonchev–Trinajstić information content (AvgIpc) is 3.04. The molecule has 0 unspecified atom stereocenters. The molecule has 2 aromatic carbocycles. The maximum Gasteiger partial charge on any atom is 0.181 e. The molecule has 0 spiro atoms. The molecule has 0 radical (unpaired) electrons. The Bertz CT molecular complexity index is 880. The summed E-state index contributed by atoms with van der Waals surface area (Å²) in [6.07, 6.45) is 3.52. The fourth-order valence-corrected chi connectivity index (χ4v) is 2.21. The molecule has 3 rings (SSSR count). The maximum absolute atomic E-state index is 11.4. The zero-order chi connectivity index (χ0) is 16.9. The van der Waals surface area contributed by atoms with Crippen LogP contribution in [0.15, 0.2) is 54.7 Å². The molecular formula is C18H17N5O. The first kappa shape index (κ1) is 15.6. The van der Waals surface area contributed by atoms with Crippen molar-refractivity contribution in [3.63, 3.8) is 0 Å². The summed E-state index contributed by atoms with van der Waals surface area (Å²) < 4.78 is 1.66. The highest BCUT2D eigenvalue weighted by molar-refractivity contribution is 5.94. The predicted molar refractivity (Wildman–Crippen MR) is 93.0 cm³/mol. The van der Waals surface area contributed by atoms with Crippen molar-refractivity contribution < 1.29 is 4.79 Å². The summed E-state index contributed by atoms with van der Waals surface area (Å²) in [7, 11) is 0. The molecule has 0 saturated carbocycles. The number of Topliss-reactive ketones (excluding diaryl/α,β-unsaturated/α-hetero) is 1. The van der Waals surface area contributed by atoms with Gasteiger partial charge in [0.15, 0.2) is 11.6 Å². The molecular weight excluding hydrogens is 302 g/mol. The molecule has 3 aromatic rings. The number of anilines is 1. The van der Waals surface area contributed by atoms with Crippen molar-refractivity contribution in [2.75, 3.05) is 5.32 Å². The van der Waals surface area contributed by atoms with Crippen LogP contribution in [0.5, 0.6) is 0 Å². The monoisotopic (exact) mass is 319 g/mol. The van der Waals surface area contributed by atoms with Gasteiger partial charge >= 0.3 is 0 Å². The van der Waals surface area contributed by atoms with Crippen LogP contribution in [0.2, 0.25) is 0 Å². The second-order valence-corrected chi connectivity index (χ2v) is 5.40. The van der Waals surface area contributed by atoms with Gasteiger partial charge in [0, 0.05) is 23.5 Å². The van der Waals surface area contributed by atoms with Crippen LogP contribution in [0.25, 0.3) is 11.8 Å². The summed E-state index contributed by atoms with van der Waals surface area (Å²) in [6, 6.07) is 15.3. The van der Waals surface area contributed by atoms with Gasteiger partial charge in [-0.2, -0.15) is 4.68 Å². The highest BCUT2D eigenvalue weighted by Crippen LogP contribution is 2.13. The Labute approximate surface area is 139 Å². The number of carbonyl (C=O) groups is 1. The van der Waals surface area contributed by atoms with E-state index in [1.54, 1.807) is 36.0 Å². The van der Waals surface area contributed by atoms with E-state index in [0.717, 1.165) is 11.4 Å². The number of aryl methyl sites for hydroxylation is 1. The molecule has 0 atom stereocenters. The van der Waals surface area contributed by atoms with E-state index in [-0.39, 0.29) is 5.78 Å². The predicted octanol–water partition coefficient (Wildman–Crippen LogP) is 3.26. The number of tetrazole rings is 1. The van der Waals surface area contributed by atoms with Crippen LogP contribution in [0.3, 0.4) is 0 Å². The molecule has 24 heavy (non-hydrogen) atoms. The molecule has 1 aromatic heterocycles. The van der Waals surface area contributed by atoms with Gasteiger partial charge in [-0.15, -0.1) is 5.10 Å². The molecule has 0 bridgehead atoms. The normalized spacial score (nSPS) is 10.9. The second kappa shape index (κ2) is 6.87. The first-order chi connectivity index (χ1) is 11.6. The van der Waals surface area contributed by atoms with E-state index in [4.69, 9.17) is 0 Å². The molecule has 6 nitrogen and oxygen atoms in total. The van der Waals surface area contributed by atoms with Crippen molar-refractivity contribution in [3.8, 4) is 5.69 Å². The van der Waals surface area contributed by atoms with E-state index >= 15 is 0 Å². The molecule has 0 aliphatic carbocycles. The van der Waals surface area contributed by atoms with Crippen molar-refractivity contribution in [1.29, 1.82) is 0 Å². The zero-order valence-electron chi connectivity index (χ0n) is 13.5. The van der Waals surface area contributed by atoms with Crippen LogP contribution in [0.4, 0.5) is 5.69 Å². The fourth-order valence-electron chi connectivity index (χ4n) is 2.21. The van der Waals surface area contributed by atoms with Gasteiger partial charge in [0.05, 0.1) is 5.69 Å². The smallest absolute Gasteiger partial charge is 0.181 e. The van der Waals surface area contributed by atoms with Crippen molar-refractivity contribution in [1.82, 2.24) is 20.2 Å². The van der Waals surface area contributed by atoms with E-state index in [9.17, 15) is 4.79 Å². The molecule has 1 heterocycles. The molecule has 0 amide bonds. The summed E-state index contributed by atoms with van der Waals surface area (Å²) in [6.45, 7) is 3.58. The minimum absolute atomic E-state index is 0.0333. The number of carbonyl (C=O) groups excluding carboxylic acids is 1.